The van der Waals surface area contributed by atoms with E-state index in [1.54, 1.807) is 66.5 Å². The van der Waals surface area contributed by atoms with Crippen molar-refractivity contribution in [2.75, 3.05) is 17.4 Å². The van der Waals surface area contributed by atoms with E-state index in [0.29, 0.717) is 40.4 Å². The van der Waals surface area contributed by atoms with Crippen molar-refractivity contribution < 1.29 is 19.1 Å². The molecule has 162 valence electrons. The highest BCUT2D eigenvalue weighted by Crippen LogP contribution is 2.33. The van der Waals surface area contributed by atoms with E-state index in [2.05, 4.69) is 5.10 Å². The first-order valence-electron chi connectivity index (χ1n) is 10.1. The number of hydrogen-bond acceptors (Lipinski definition) is 5. The number of carbonyl (C=O) groups excluding carboxylic acids is 3. The minimum Gasteiger partial charge on any atom is -0.462 e. The quantitative estimate of drug-likeness (QED) is 0.245. The van der Waals surface area contributed by atoms with E-state index in [0.717, 1.165) is 10.5 Å². The van der Waals surface area contributed by atoms with Crippen molar-refractivity contribution in [3.63, 3.8) is 0 Å². The van der Waals surface area contributed by atoms with Gasteiger partial charge in [0.1, 0.15) is 0 Å². The van der Waals surface area contributed by atoms with Crippen LogP contribution in [0.4, 0.5) is 5.69 Å². The van der Waals surface area contributed by atoms with Crippen LogP contribution >= 0.6 is 11.6 Å². The van der Waals surface area contributed by atoms with Gasteiger partial charge in [0.25, 0.3) is 11.8 Å². The molecule has 8 heteroatoms. The van der Waals surface area contributed by atoms with Gasteiger partial charge in [-0.2, -0.15) is 5.10 Å². The van der Waals surface area contributed by atoms with E-state index in [9.17, 15) is 14.4 Å². The number of nitrogens with zero attached hydrogens (tertiary/aromatic N) is 3. The number of ether oxygens (including phenoxy) is 1. The molecule has 4 rings (SSSR count). The minimum atomic E-state index is -0.463. The molecule has 0 unspecified atom stereocenters. The molecule has 2 amide bonds. The molecule has 1 aliphatic heterocycles. The summed E-state index contributed by atoms with van der Waals surface area (Å²) in [6, 6.07) is 13.2. The molecule has 0 fully saturated rings. The Labute approximate surface area is 189 Å². The predicted molar refractivity (Wildman–Crippen MR) is 121 cm³/mol. The lowest BCUT2D eigenvalue weighted by Crippen LogP contribution is -2.41. The number of imide groups is 1. The van der Waals surface area contributed by atoms with Crippen molar-refractivity contribution in [3.8, 4) is 0 Å². The van der Waals surface area contributed by atoms with E-state index >= 15 is 0 Å². The summed E-state index contributed by atoms with van der Waals surface area (Å²) in [4.78, 5) is 39.7. The molecule has 3 aromatic rings. The third-order valence-electron chi connectivity index (χ3n) is 5.00. The highest BCUT2D eigenvalue weighted by Gasteiger charge is 2.35. The SMILES string of the molecule is CCOC(=O)c1ccc(N2C(=O)C(=Cc3cnn(CCCl)c3)c3ccccc3C2=O)cc1. The fourth-order valence-corrected chi connectivity index (χ4v) is 3.69. The second kappa shape index (κ2) is 9.20. The molecule has 1 aromatic heterocycles. The maximum Gasteiger partial charge on any atom is 0.338 e. The highest BCUT2D eigenvalue weighted by atomic mass is 35.5. The molecule has 2 aromatic carbocycles. The predicted octanol–water partition coefficient (Wildman–Crippen LogP) is 4.03. The average Bonchev–Trinajstić information content (AvgIpc) is 3.25. The summed E-state index contributed by atoms with van der Waals surface area (Å²) < 4.78 is 6.68. The van der Waals surface area contributed by atoms with Crippen LogP contribution < -0.4 is 4.90 Å². The van der Waals surface area contributed by atoms with Crippen LogP contribution in [0.15, 0.2) is 60.9 Å². The van der Waals surface area contributed by atoms with Gasteiger partial charge in [-0.05, 0) is 48.9 Å². The van der Waals surface area contributed by atoms with Crippen LogP contribution in [0.3, 0.4) is 0 Å². The Balaban J connectivity index is 1.75. The van der Waals surface area contributed by atoms with Crippen LogP contribution in [0.1, 0.15) is 38.8 Å². The van der Waals surface area contributed by atoms with Crippen LogP contribution in [-0.4, -0.2) is 40.1 Å². The number of aryl methyl sites for hydroxylation is 1. The van der Waals surface area contributed by atoms with Crippen molar-refractivity contribution in [1.29, 1.82) is 0 Å². The van der Waals surface area contributed by atoms with Crippen LogP contribution in [0.5, 0.6) is 0 Å². The topological polar surface area (TPSA) is 81.5 Å². The second-order valence-corrected chi connectivity index (χ2v) is 7.42. The van der Waals surface area contributed by atoms with E-state index in [4.69, 9.17) is 16.3 Å². The number of esters is 1. The number of fused-ring (bicyclic) bond motifs is 1. The Morgan fingerprint density at radius 1 is 1.06 bits per heavy atom. The largest absolute Gasteiger partial charge is 0.462 e. The normalized spacial score (nSPS) is 14.6. The lowest BCUT2D eigenvalue weighted by atomic mass is 9.92. The molecule has 0 saturated heterocycles. The van der Waals surface area contributed by atoms with Crippen molar-refractivity contribution in [2.24, 2.45) is 0 Å². The number of hydrogen-bond donors (Lipinski definition) is 0. The van der Waals surface area contributed by atoms with Gasteiger partial charge in [-0.3, -0.25) is 14.3 Å². The van der Waals surface area contributed by atoms with Gasteiger partial charge < -0.3 is 4.74 Å². The van der Waals surface area contributed by atoms with Crippen LogP contribution in [-0.2, 0) is 16.1 Å². The Kier molecular flexibility index (Phi) is 6.18. The molecule has 32 heavy (non-hydrogen) atoms. The molecule has 0 spiro atoms. The minimum absolute atomic E-state index is 0.260. The molecule has 1 aliphatic rings. The zero-order valence-electron chi connectivity index (χ0n) is 17.3. The third kappa shape index (κ3) is 4.07. The van der Waals surface area contributed by atoms with Gasteiger partial charge in [0.15, 0.2) is 0 Å². The molecule has 0 saturated carbocycles. The summed E-state index contributed by atoms with van der Waals surface area (Å²) in [5, 5.41) is 4.24. The van der Waals surface area contributed by atoms with E-state index < -0.39 is 17.8 Å². The maximum atomic E-state index is 13.5. The van der Waals surface area contributed by atoms with Gasteiger partial charge in [0, 0.05) is 28.8 Å². The Bertz CT molecular complexity index is 1210. The molecular formula is C24H20ClN3O4. The van der Waals surface area contributed by atoms with Crippen molar-refractivity contribution in [3.05, 3.63) is 83.2 Å². The van der Waals surface area contributed by atoms with Gasteiger partial charge >= 0.3 is 5.97 Å². The van der Waals surface area contributed by atoms with Gasteiger partial charge in [-0.1, -0.05) is 18.2 Å². The standard InChI is InChI=1S/C24H20ClN3O4/c1-2-32-24(31)17-7-9-18(10-8-17)28-22(29)20-6-4-3-5-19(20)21(23(28)30)13-16-14-26-27(15-16)12-11-25/h3-10,13-15H,2,11-12H2,1H3. The monoisotopic (exact) mass is 449 g/mol. The third-order valence-corrected chi connectivity index (χ3v) is 5.17. The number of alkyl halides is 1. The zero-order chi connectivity index (χ0) is 22.7. The summed E-state index contributed by atoms with van der Waals surface area (Å²) in [6.45, 7) is 2.53. The fraction of sp³-hybridized carbons (Fsp3) is 0.167. The van der Waals surface area contributed by atoms with Crippen LogP contribution in [0.2, 0.25) is 0 Å². The number of carbonyl (C=O) groups is 3. The molecule has 7 nitrogen and oxygen atoms in total. The molecule has 0 aliphatic carbocycles. The molecular weight excluding hydrogens is 430 g/mol. The van der Waals surface area contributed by atoms with Crippen LogP contribution in [0.25, 0.3) is 11.6 Å². The van der Waals surface area contributed by atoms with E-state index in [-0.39, 0.29) is 6.61 Å². The van der Waals surface area contributed by atoms with Crippen LogP contribution in [0, 0.1) is 0 Å². The molecule has 2 heterocycles. The second-order valence-electron chi connectivity index (χ2n) is 7.04. The number of aromatic nitrogens is 2. The Hall–Kier alpha value is -3.71. The number of amides is 2. The summed E-state index contributed by atoms with van der Waals surface area (Å²) in [5.41, 5.74) is 2.79. The molecule has 0 radical (unpaired) electrons. The Morgan fingerprint density at radius 2 is 1.78 bits per heavy atom. The van der Waals surface area contributed by atoms with Crippen molar-refractivity contribution in [1.82, 2.24) is 9.78 Å². The number of rotatable bonds is 6. The Morgan fingerprint density at radius 3 is 2.47 bits per heavy atom. The average molecular weight is 450 g/mol. The maximum absolute atomic E-state index is 13.5. The molecule has 0 bridgehead atoms. The van der Waals surface area contributed by atoms with Crippen molar-refractivity contribution >= 4 is 46.7 Å². The summed E-state index contributed by atoms with van der Waals surface area (Å²) in [6.07, 6.45) is 5.15. The summed E-state index contributed by atoms with van der Waals surface area (Å²) >= 11 is 5.77. The molecule has 0 atom stereocenters. The number of anilines is 1. The lowest BCUT2D eigenvalue weighted by molar-refractivity contribution is -0.112. The number of benzene rings is 2. The smallest absolute Gasteiger partial charge is 0.338 e. The summed E-state index contributed by atoms with van der Waals surface area (Å²) in [5.74, 6) is -0.925. The fourth-order valence-electron chi connectivity index (χ4n) is 3.52. The van der Waals surface area contributed by atoms with Gasteiger partial charge in [0.05, 0.1) is 30.6 Å². The lowest BCUT2D eigenvalue weighted by Gasteiger charge is -2.28. The van der Waals surface area contributed by atoms with Gasteiger partial charge in [0.2, 0.25) is 0 Å². The molecule has 0 N–H and O–H groups in total. The first-order chi connectivity index (χ1) is 15.5. The number of halogens is 1. The van der Waals surface area contributed by atoms with E-state index in [1.165, 1.54) is 12.1 Å². The first kappa shape index (κ1) is 21.5. The zero-order valence-corrected chi connectivity index (χ0v) is 18.1. The summed E-state index contributed by atoms with van der Waals surface area (Å²) in [7, 11) is 0. The van der Waals surface area contributed by atoms with Gasteiger partial charge in [-0.15, -0.1) is 11.6 Å². The van der Waals surface area contributed by atoms with Gasteiger partial charge in [-0.25, -0.2) is 9.69 Å². The van der Waals surface area contributed by atoms with E-state index in [1.807, 2.05) is 0 Å². The first-order valence-corrected chi connectivity index (χ1v) is 10.6. The highest BCUT2D eigenvalue weighted by molar-refractivity contribution is 6.43. The van der Waals surface area contributed by atoms with Crippen molar-refractivity contribution in [2.45, 2.75) is 13.5 Å².